The first kappa shape index (κ1) is 23.3. The standard InChI is InChI=1S/C28H34O6/c1-15(29)34-24-22(32)23-25(2,3)20(31)8-11-27(23,5)18-7-10-26(4)19(28(18,24)6)13-17(30)21(26)16-9-12-33-14-16/h8-9,11-14,18,21-24,32H,7,10H2,1-6H3. The summed E-state index contributed by atoms with van der Waals surface area (Å²) in [6.07, 6.45) is 8.19. The summed E-state index contributed by atoms with van der Waals surface area (Å²) in [4.78, 5) is 38.7. The molecule has 0 aliphatic heterocycles. The van der Waals surface area contributed by atoms with Crippen molar-refractivity contribution in [1.29, 1.82) is 0 Å². The summed E-state index contributed by atoms with van der Waals surface area (Å²) >= 11 is 0. The molecule has 34 heavy (non-hydrogen) atoms. The van der Waals surface area contributed by atoms with Crippen LogP contribution in [0.25, 0.3) is 0 Å². The van der Waals surface area contributed by atoms with Gasteiger partial charge in [-0.3, -0.25) is 14.4 Å². The third-order valence-corrected chi connectivity index (χ3v) is 9.92. The Labute approximate surface area is 200 Å². The van der Waals surface area contributed by atoms with Gasteiger partial charge < -0.3 is 14.3 Å². The van der Waals surface area contributed by atoms with Crippen molar-refractivity contribution in [1.82, 2.24) is 0 Å². The molecule has 0 amide bonds. The molecule has 0 aromatic carbocycles. The second-order valence-corrected chi connectivity index (χ2v) is 12.0. The molecular formula is C28H34O6. The van der Waals surface area contributed by atoms with Gasteiger partial charge in [-0.05, 0) is 48.0 Å². The van der Waals surface area contributed by atoms with Crippen molar-refractivity contribution in [3.8, 4) is 0 Å². The zero-order valence-electron chi connectivity index (χ0n) is 20.8. The Kier molecular flexibility index (Phi) is 4.81. The van der Waals surface area contributed by atoms with E-state index in [0.717, 1.165) is 24.0 Å². The van der Waals surface area contributed by atoms with Gasteiger partial charge in [0.1, 0.15) is 6.10 Å². The van der Waals surface area contributed by atoms with Crippen LogP contribution in [-0.4, -0.2) is 34.9 Å². The quantitative estimate of drug-likeness (QED) is 0.650. The van der Waals surface area contributed by atoms with Crippen molar-refractivity contribution in [3.05, 3.63) is 48.0 Å². The summed E-state index contributed by atoms with van der Waals surface area (Å²) in [5.41, 5.74) is -0.825. The lowest BCUT2D eigenvalue weighted by molar-refractivity contribution is -0.228. The second-order valence-electron chi connectivity index (χ2n) is 12.0. The van der Waals surface area contributed by atoms with Crippen molar-refractivity contribution in [2.75, 3.05) is 0 Å². The van der Waals surface area contributed by atoms with E-state index >= 15 is 0 Å². The highest BCUT2D eigenvalue weighted by molar-refractivity contribution is 6.01. The van der Waals surface area contributed by atoms with Crippen LogP contribution in [0.4, 0.5) is 0 Å². The van der Waals surface area contributed by atoms with E-state index in [-0.39, 0.29) is 23.4 Å². The average Bonchev–Trinajstić information content (AvgIpc) is 3.34. The predicted octanol–water partition coefficient (Wildman–Crippen LogP) is 4.39. The largest absolute Gasteiger partial charge is 0.472 e. The minimum Gasteiger partial charge on any atom is -0.472 e. The van der Waals surface area contributed by atoms with Crippen LogP contribution >= 0.6 is 0 Å². The molecule has 182 valence electrons. The van der Waals surface area contributed by atoms with E-state index in [1.165, 1.54) is 6.92 Å². The summed E-state index contributed by atoms with van der Waals surface area (Å²) in [6, 6.07) is 1.84. The molecule has 2 saturated carbocycles. The molecule has 5 rings (SSSR count). The van der Waals surface area contributed by atoms with E-state index in [1.54, 1.807) is 24.7 Å². The zero-order chi connectivity index (χ0) is 24.8. The minimum absolute atomic E-state index is 0.0128. The lowest BCUT2D eigenvalue weighted by Crippen LogP contribution is -2.70. The molecule has 8 atom stereocenters. The number of hydrogen-bond acceptors (Lipinski definition) is 6. The Hall–Kier alpha value is -2.47. The second kappa shape index (κ2) is 7.03. The lowest BCUT2D eigenvalue weighted by atomic mass is 9.38. The van der Waals surface area contributed by atoms with Crippen molar-refractivity contribution < 1.29 is 28.6 Å². The number of rotatable bonds is 2. The fourth-order valence-electron chi connectivity index (χ4n) is 8.65. The molecule has 0 saturated heterocycles. The number of hydrogen-bond donors (Lipinski definition) is 1. The van der Waals surface area contributed by atoms with E-state index in [1.807, 2.05) is 32.9 Å². The average molecular weight is 467 g/mol. The monoisotopic (exact) mass is 466 g/mol. The summed E-state index contributed by atoms with van der Waals surface area (Å²) < 4.78 is 11.2. The Morgan fingerprint density at radius 1 is 1.18 bits per heavy atom. The van der Waals surface area contributed by atoms with Gasteiger partial charge in [-0.2, -0.15) is 0 Å². The van der Waals surface area contributed by atoms with Crippen LogP contribution in [0.1, 0.15) is 65.9 Å². The van der Waals surface area contributed by atoms with Crippen molar-refractivity contribution >= 4 is 17.5 Å². The minimum atomic E-state index is -1.06. The van der Waals surface area contributed by atoms with Gasteiger partial charge in [0, 0.05) is 34.7 Å². The van der Waals surface area contributed by atoms with Gasteiger partial charge in [-0.1, -0.05) is 40.7 Å². The maximum Gasteiger partial charge on any atom is 0.303 e. The van der Waals surface area contributed by atoms with Crippen LogP contribution in [0.15, 0.2) is 46.8 Å². The Bertz CT molecular complexity index is 1130. The van der Waals surface area contributed by atoms with Gasteiger partial charge in [0.25, 0.3) is 0 Å². The number of furan rings is 1. The molecule has 0 bridgehead atoms. The Morgan fingerprint density at radius 2 is 1.88 bits per heavy atom. The van der Waals surface area contributed by atoms with Crippen LogP contribution in [0.5, 0.6) is 0 Å². The number of ether oxygens (including phenoxy) is 1. The number of fused-ring (bicyclic) bond motifs is 5. The number of aliphatic hydroxyl groups excluding tert-OH is 1. The third kappa shape index (κ3) is 2.69. The normalized spacial score (nSPS) is 44.7. The van der Waals surface area contributed by atoms with Crippen molar-refractivity contribution in [2.45, 2.75) is 72.5 Å². The molecule has 1 aromatic heterocycles. The molecule has 0 spiro atoms. The van der Waals surface area contributed by atoms with E-state index in [2.05, 4.69) is 13.8 Å². The van der Waals surface area contributed by atoms with Crippen LogP contribution in [0.2, 0.25) is 0 Å². The van der Waals surface area contributed by atoms with Crippen LogP contribution in [0, 0.1) is 33.5 Å². The van der Waals surface area contributed by atoms with E-state index in [9.17, 15) is 19.5 Å². The molecule has 1 aromatic rings. The SMILES string of the molecule is CC(=O)OC1C(O)C2C(C)(C)C(=O)C=CC2(C)C2CCC3(C)C(=CC(=O)C3c3ccoc3)C12C. The van der Waals surface area contributed by atoms with Gasteiger partial charge in [0.2, 0.25) is 0 Å². The zero-order valence-corrected chi connectivity index (χ0v) is 20.8. The molecule has 4 aliphatic rings. The van der Waals surface area contributed by atoms with Gasteiger partial charge in [0.15, 0.2) is 11.6 Å². The number of aliphatic hydroxyl groups is 1. The van der Waals surface area contributed by atoms with E-state index < -0.39 is 45.8 Å². The number of allylic oxidation sites excluding steroid dienone is 3. The van der Waals surface area contributed by atoms with Crippen LogP contribution in [-0.2, 0) is 19.1 Å². The summed E-state index contributed by atoms with van der Waals surface area (Å²) in [5.74, 6) is -1.33. The lowest BCUT2D eigenvalue weighted by Gasteiger charge is -2.67. The smallest absolute Gasteiger partial charge is 0.303 e. The number of carbonyl (C=O) groups is 3. The Balaban J connectivity index is 1.72. The maximum atomic E-state index is 13.4. The maximum absolute atomic E-state index is 13.4. The van der Waals surface area contributed by atoms with Crippen LogP contribution < -0.4 is 0 Å². The fourth-order valence-corrected chi connectivity index (χ4v) is 8.65. The first-order chi connectivity index (χ1) is 15.8. The third-order valence-electron chi connectivity index (χ3n) is 9.92. The fraction of sp³-hybridized carbons (Fsp3) is 0.607. The predicted molar refractivity (Wildman–Crippen MR) is 125 cm³/mol. The first-order valence-electron chi connectivity index (χ1n) is 12.2. The van der Waals surface area contributed by atoms with Gasteiger partial charge in [-0.25, -0.2) is 0 Å². The van der Waals surface area contributed by atoms with E-state index in [0.29, 0.717) is 0 Å². The molecular weight excluding hydrogens is 432 g/mol. The molecule has 1 N–H and O–H groups in total. The van der Waals surface area contributed by atoms with Gasteiger partial charge >= 0.3 is 5.97 Å². The molecule has 1 heterocycles. The summed E-state index contributed by atoms with van der Waals surface area (Å²) in [6.45, 7) is 11.4. The number of esters is 1. The molecule has 4 aliphatic carbocycles. The molecule has 6 nitrogen and oxygen atoms in total. The highest BCUT2D eigenvalue weighted by atomic mass is 16.6. The van der Waals surface area contributed by atoms with Gasteiger partial charge in [0.05, 0.1) is 24.5 Å². The van der Waals surface area contributed by atoms with Crippen LogP contribution in [0.3, 0.4) is 0 Å². The van der Waals surface area contributed by atoms with Gasteiger partial charge in [-0.15, -0.1) is 0 Å². The molecule has 2 fully saturated rings. The highest BCUT2D eigenvalue weighted by Crippen LogP contribution is 2.72. The molecule has 8 unspecified atom stereocenters. The number of carbonyl (C=O) groups excluding carboxylic acids is 3. The molecule has 0 radical (unpaired) electrons. The highest BCUT2D eigenvalue weighted by Gasteiger charge is 2.72. The van der Waals surface area contributed by atoms with Crippen molar-refractivity contribution in [2.24, 2.45) is 33.5 Å². The van der Waals surface area contributed by atoms with E-state index in [4.69, 9.17) is 9.15 Å². The molecule has 6 heteroatoms. The Morgan fingerprint density at radius 3 is 2.50 bits per heavy atom. The topological polar surface area (TPSA) is 93.8 Å². The summed E-state index contributed by atoms with van der Waals surface area (Å²) in [5, 5.41) is 11.9. The summed E-state index contributed by atoms with van der Waals surface area (Å²) in [7, 11) is 0. The first-order valence-corrected chi connectivity index (χ1v) is 12.2. The number of ketones is 2. The van der Waals surface area contributed by atoms with Crippen molar-refractivity contribution in [3.63, 3.8) is 0 Å².